The first-order valence-corrected chi connectivity index (χ1v) is 10.3. The van der Waals surface area contributed by atoms with Crippen LogP contribution in [-0.4, -0.2) is 35.8 Å². The molecule has 0 saturated heterocycles. The van der Waals surface area contributed by atoms with E-state index < -0.39 is 11.7 Å². The minimum atomic E-state index is -4.41. The van der Waals surface area contributed by atoms with Crippen LogP contribution in [0.15, 0.2) is 52.4 Å². The van der Waals surface area contributed by atoms with Crippen LogP contribution in [0.5, 0.6) is 0 Å². The number of allylic oxidation sites excluding steroid dienone is 2. The van der Waals surface area contributed by atoms with Crippen LogP contribution in [0.2, 0.25) is 0 Å². The second kappa shape index (κ2) is 10.0. The number of alkyl halides is 3. The van der Waals surface area contributed by atoms with E-state index in [2.05, 4.69) is 4.99 Å². The lowest BCUT2D eigenvalue weighted by molar-refractivity contribution is -0.137. The molecule has 1 unspecified atom stereocenters. The molecule has 0 saturated carbocycles. The summed E-state index contributed by atoms with van der Waals surface area (Å²) >= 11 is 0. The summed E-state index contributed by atoms with van der Waals surface area (Å²) in [6, 6.07) is 4.83. The number of likely N-dealkylation sites (N-methyl/N-ethyl adjacent to an activating group) is 1. The lowest BCUT2D eigenvalue weighted by Crippen LogP contribution is -2.42. The number of carbonyl (C=O) groups excluding carboxylic acids is 1. The van der Waals surface area contributed by atoms with Crippen molar-refractivity contribution in [1.29, 1.82) is 0 Å². The van der Waals surface area contributed by atoms with Crippen LogP contribution >= 0.6 is 0 Å². The standard InChI is InChI=1S/C23H30F3N3O2/c1-7-10-19-16(4)20(29(6)22(30)28(19)5)27-21(15(3)8-2)31-14-17-11-9-12-18(13-17)23(24,25)26/h9-13,15H,7-8,14H2,1-6H3/b19-10-,27-21?. The zero-order valence-corrected chi connectivity index (χ0v) is 18.9. The summed E-state index contributed by atoms with van der Waals surface area (Å²) in [7, 11) is 3.36. The molecule has 1 aromatic rings. The second-order valence-electron chi connectivity index (χ2n) is 7.59. The number of ether oxygens (including phenoxy) is 1. The second-order valence-corrected chi connectivity index (χ2v) is 7.59. The third-order valence-electron chi connectivity index (χ3n) is 5.26. The van der Waals surface area contributed by atoms with Crippen LogP contribution in [0.3, 0.4) is 0 Å². The molecule has 0 radical (unpaired) electrons. The number of amides is 2. The van der Waals surface area contributed by atoms with Crippen molar-refractivity contribution in [3.8, 4) is 0 Å². The Morgan fingerprint density at radius 2 is 1.90 bits per heavy atom. The van der Waals surface area contributed by atoms with Crippen molar-refractivity contribution >= 4 is 11.9 Å². The highest BCUT2D eigenvalue weighted by Crippen LogP contribution is 2.31. The molecule has 170 valence electrons. The first-order chi connectivity index (χ1) is 14.5. The zero-order valence-electron chi connectivity index (χ0n) is 18.9. The smallest absolute Gasteiger partial charge is 0.416 e. The largest absolute Gasteiger partial charge is 0.476 e. The molecule has 8 heteroatoms. The van der Waals surface area contributed by atoms with Crippen LogP contribution in [0.4, 0.5) is 18.0 Å². The predicted octanol–water partition coefficient (Wildman–Crippen LogP) is 6.19. The molecule has 31 heavy (non-hydrogen) atoms. The lowest BCUT2D eigenvalue weighted by Gasteiger charge is -2.34. The molecule has 0 aromatic heterocycles. The summed E-state index contributed by atoms with van der Waals surface area (Å²) in [5.41, 5.74) is 1.29. The van der Waals surface area contributed by atoms with Crippen LogP contribution in [0, 0.1) is 5.92 Å². The van der Waals surface area contributed by atoms with Crippen LogP contribution in [0.1, 0.15) is 51.7 Å². The minimum Gasteiger partial charge on any atom is -0.476 e. The molecule has 0 N–H and O–H groups in total. The molecule has 1 aliphatic rings. The van der Waals surface area contributed by atoms with Crippen molar-refractivity contribution in [3.63, 3.8) is 0 Å². The van der Waals surface area contributed by atoms with E-state index in [-0.39, 0.29) is 18.6 Å². The highest BCUT2D eigenvalue weighted by molar-refractivity contribution is 5.84. The number of benzene rings is 1. The SMILES string of the molecule is CC/C=C1/C(C)=C(N=C(OCc2cccc(C(F)(F)F)c2)C(C)CC)N(C)C(=O)N1C. The number of halogens is 3. The highest BCUT2D eigenvalue weighted by Gasteiger charge is 2.31. The average Bonchev–Trinajstić information content (AvgIpc) is 2.74. The van der Waals surface area contributed by atoms with Crippen molar-refractivity contribution in [3.05, 3.63) is 58.6 Å². The van der Waals surface area contributed by atoms with Gasteiger partial charge in [0.05, 0.1) is 5.56 Å². The van der Waals surface area contributed by atoms with Gasteiger partial charge >= 0.3 is 12.2 Å². The summed E-state index contributed by atoms with van der Waals surface area (Å²) in [6.45, 7) is 7.74. The van der Waals surface area contributed by atoms with E-state index in [4.69, 9.17) is 4.74 Å². The Hall–Kier alpha value is -2.77. The van der Waals surface area contributed by atoms with Crippen LogP contribution < -0.4 is 0 Å². The number of carbonyl (C=O) groups is 1. The van der Waals surface area contributed by atoms with Gasteiger partial charge < -0.3 is 4.74 Å². The molecule has 5 nitrogen and oxygen atoms in total. The number of urea groups is 1. The summed E-state index contributed by atoms with van der Waals surface area (Å²) < 4.78 is 44.9. The molecule has 2 amide bonds. The van der Waals surface area contributed by atoms with Gasteiger partial charge in [-0.1, -0.05) is 39.0 Å². The molecule has 1 atom stereocenters. The van der Waals surface area contributed by atoms with Gasteiger partial charge in [0.1, 0.15) is 12.4 Å². The molecular formula is C23H30F3N3O2. The van der Waals surface area contributed by atoms with Gasteiger partial charge in [-0.2, -0.15) is 18.2 Å². The fraction of sp³-hybridized carbons (Fsp3) is 0.478. The third kappa shape index (κ3) is 5.68. The minimum absolute atomic E-state index is 0.0470. The van der Waals surface area contributed by atoms with Crippen molar-refractivity contribution in [2.24, 2.45) is 10.9 Å². The zero-order chi connectivity index (χ0) is 23.3. The molecule has 0 fully saturated rings. The van der Waals surface area contributed by atoms with Crippen molar-refractivity contribution < 1.29 is 22.7 Å². The van der Waals surface area contributed by atoms with Crippen LogP contribution in [-0.2, 0) is 17.5 Å². The Morgan fingerprint density at radius 3 is 2.48 bits per heavy atom. The summed E-state index contributed by atoms with van der Waals surface area (Å²) in [5.74, 6) is 0.782. The van der Waals surface area contributed by atoms with Gasteiger partial charge in [0, 0.05) is 31.3 Å². The maximum absolute atomic E-state index is 13.0. The fourth-order valence-corrected chi connectivity index (χ4v) is 3.24. The normalized spacial score (nSPS) is 18.2. The first kappa shape index (κ1) is 24.5. The maximum Gasteiger partial charge on any atom is 0.416 e. The van der Waals surface area contributed by atoms with Gasteiger partial charge in [0.15, 0.2) is 5.90 Å². The molecule has 1 aliphatic heterocycles. The maximum atomic E-state index is 13.0. The van der Waals surface area contributed by atoms with Crippen molar-refractivity contribution in [2.75, 3.05) is 14.1 Å². The van der Waals surface area contributed by atoms with E-state index in [1.165, 1.54) is 11.0 Å². The van der Waals surface area contributed by atoms with Gasteiger partial charge in [-0.15, -0.1) is 0 Å². The highest BCUT2D eigenvalue weighted by atomic mass is 19.4. The van der Waals surface area contributed by atoms with Crippen molar-refractivity contribution in [2.45, 2.75) is 53.3 Å². The molecule has 2 rings (SSSR count). The van der Waals surface area contributed by atoms with Gasteiger partial charge in [0.25, 0.3) is 0 Å². The van der Waals surface area contributed by atoms with E-state index >= 15 is 0 Å². The first-order valence-electron chi connectivity index (χ1n) is 10.3. The van der Waals surface area contributed by atoms with Crippen molar-refractivity contribution in [1.82, 2.24) is 9.80 Å². The number of hydrogen-bond donors (Lipinski definition) is 0. The van der Waals surface area contributed by atoms with E-state index in [0.717, 1.165) is 36.2 Å². The molecule has 0 aliphatic carbocycles. The Labute approximate surface area is 181 Å². The summed E-state index contributed by atoms with van der Waals surface area (Å²) in [6.07, 6.45) is -0.967. The number of rotatable bonds is 6. The van der Waals surface area contributed by atoms with E-state index in [1.54, 1.807) is 25.1 Å². The Balaban J connectivity index is 2.40. The predicted molar refractivity (Wildman–Crippen MR) is 115 cm³/mol. The van der Waals surface area contributed by atoms with E-state index in [1.807, 2.05) is 33.8 Å². The molecule has 1 heterocycles. The Morgan fingerprint density at radius 1 is 1.23 bits per heavy atom. The summed E-state index contributed by atoms with van der Waals surface area (Å²) in [5, 5.41) is 0. The van der Waals surface area contributed by atoms with Gasteiger partial charge in [-0.05, 0) is 37.5 Å². The Kier molecular flexibility index (Phi) is 7.92. The quantitative estimate of drug-likeness (QED) is 0.394. The molecule has 1 aromatic carbocycles. The molecule has 0 bridgehead atoms. The van der Waals surface area contributed by atoms with Gasteiger partial charge in [-0.3, -0.25) is 9.80 Å². The number of aliphatic imine (C=N–C) groups is 1. The fourth-order valence-electron chi connectivity index (χ4n) is 3.24. The van der Waals surface area contributed by atoms with Gasteiger partial charge in [-0.25, -0.2) is 4.79 Å². The van der Waals surface area contributed by atoms with Gasteiger partial charge in [0.2, 0.25) is 0 Å². The average molecular weight is 438 g/mol. The monoisotopic (exact) mass is 437 g/mol. The number of nitrogens with zero attached hydrogens (tertiary/aromatic N) is 3. The molecular weight excluding hydrogens is 407 g/mol. The lowest BCUT2D eigenvalue weighted by atomic mass is 10.1. The topological polar surface area (TPSA) is 45.1 Å². The molecule has 0 spiro atoms. The summed E-state index contributed by atoms with van der Waals surface area (Å²) in [4.78, 5) is 20.3. The Bertz CT molecular complexity index is 904. The third-order valence-corrected chi connectivity index (χ3v) is 5.26. The van der Waals surface area contributed by atoms with Crippen LogP contribution in [0.25, 0.3) is 0 Å². The van der Waals surface area contributed by atoms with E-state index in [9.17, 15) is 18.0 Å². The van der Waals surface area contributed by atoms with E-state index in [0.29, 0.717) is 17.3 Å². The number of hydrogen-bond acceptors (Lipinski definition) is 3.